The highest BCUT2D eigenvalue weighted by molar-refractivity contribution is 7.92. The van der Waals surface area contributed by atoms with Gasteiger partial charge in [0, 0.05) is 22.7 Å². The number of likely N-dealkylation sites (tertiary alicyclic amines) is 1. The molecule has 0 bridgehead atoms. The fraction of sp³-hybridized carbons (Fsp3) is 0.292. The van der Waals surface area contributed by atoms with Gasteiger partial charge < -0.3 is 5.32 Å². The van der Waals surface area contributed by atoms with Crippen molar-refractivity contribution in [2.75, 3.05) is 24.4 Å². The van der Waals surface area contributed by atoms with Crippen molar-refractivity contribution in [3.63, 3.8) is 0 Å². The summed E-state index contributed by atoms with van der Waals surface area (Å²) in [6.07, 6.45) is 2.34. The van der Waals surface area contributed by atoms with Crippen LogP contribution in [0.25, 0.3) is 0 Å². The summed E-state index contributed by atoms with van der Waals surface area (Å²) < 4.78 is 28.3. The van der Waals surface area contributed by atoms with Crippen molar-refractivity contribution in [1.29, 1.82) is 0 Å². The maximum absolute atomic E-state index is 12.9. The Hall–Kier alpha value is -2.68. The number of thiophene rings is 1. The quantitative estimate of drug-likeness (QED) is 0.512. The van der Waals surface area contributed by atoms with E-state index < -0.39 is 10.0 Å². The van der Waals surface area contributed by atoms with Crippen LogP contribution in [0.3, 0.4) is 0 Å². The molecule has 1 aromatic heterocycles. The van der Waals surface area contributed by atoms with E-state index in [0.717, 1.165) is 18.7 Å². The number of hydrogen-bond acceptors (Lipinski definition) is 5. The molecule has 168 valence electrons. The molecular formula is C24H27N3O3S2. The first-order valence-corrected chi connectivity index (χ1v) is 13.0. The average molecular weight is 470 g/mol. The fourth-order valence-corrected chi connectivity index (χ4v) is 5.92. The molecule has 6 nitrogen and oxygen atoms in total. The number of sulfonamides is 1. The molecule has 4 rings (SSSR count). The molecule has 32 heavy (non-hydrogen) atoms. The van der Waals surface area contributed by atoms with Crippen molar-refractivity contribution in [3.8, 4) is 0 Å². The minimum atomic E-state index is -3.80. The minimum Gasteiger partial charge on any atom is -0.350 e. The monoisotopic (exact) mass is 469 g/mol. The molecule has 3 aromatic rings. The zero-order chi connectivity index (χ0) is 22.6. The van der Waals surface area contributed by atoms with Crippen LogP contribution in [0.2, 0.25) is 0 Å². The molecule has 2 N–H and O–H groups in total. The van der Waals surface area contributed by atoms with Crippen LogP contribution < -0.4 is 10.0 Å². The van der Waals surface area contributed by atoms with Gasteiger partial charge in [-0.25, -0.2) is 8.42 Å². The Morgan fingerprint density at radius 1 is 1.06 bits per heavy atom. The predicted molar refractivity (Wildman–Crippen MR) is 129 cm³/mol. The van der Waals surface area contributed by atoms with E-state index in [1.54, 1.807) is 41.7 Å². The highest BCUT2D eigenvalue weighted by Gasteiger charge is 2.25. The van der Waals surface area contributed by atoms with E-state index in [4.69, 9.17) is 0 Å². The Morgan fingerprint density at radius 2 is 1.84 bits per heavy atom. The van der Waals surface area contributed by atoms with Gasteiger partial charge in [0.25, 0.3) is 15.9 Å². The number of rotatable bonds is 8. The third kappa shape index (κ3) is 5.38. The molecule has 1 aliphatic heterocycles. The molecule has 1 saturated heterocycles. The summed E-state index contributed by atoms with van der Waals surface area (Å²) in [5.74, 6) is -0.279. The van der Waals surface area contributed by atoms with E-state index in [1.165, 1.54) is 29.9 Å². The number of aryl methyl sites for hydroxylation is 1. The molecule has 1 atom stereocenters. The number of nitrogens with one attached hydrogen (secondary N) is 2. The molecule has 8 heteroatoms. The minimum absolute atomic E-state index is 0.0565. The van der Waals surface area contributed by atoms with Crippen molar-refractivity contribution in [2.45, 2.75) is 30.7 Å². The normalized spacial score (nSPS) is 15.4. The standard InChI is InChI=1S/C24H27N3O3S2/c1-18-7-4-9-20(15-18)26-32(29,30)21-10-5-8-19(16-21)24(28)25-17-22(23-11-6-14-31-23)27-12-2-3-13-27/h4-11,14-16,22,26H,2-3,12-13,17H2,1H3,(H,25,28). The maximum Gasteiger partial charge on any atom is 0.261 e. The van der Waals surface area contributed by atoms with Crippen molar-refractivity contribution in [1.82, 2.24) is 10.2 Å². The van der Waals surface area contributed by atoms with Gasteiger partial charge in [0.2, 0.25) is 0 Å². The Morgan fingerprint density at radius 3 is 2.56 bits per heavy atom. The van der Waals surface area contributed by atoms with Gasteiger partial charge in [0.15, 0.2) is 0 Å². The number of benzene rings is 2. The molecule has 1 amide bonds. The fourth-order valence-electron chi connectivity index (χ4n) is 3.96. The second kappa shape index (κ2) is 9.85. The SMILES string of the molecule is Cc1cccc(NS(=O)(=O)c2cccc(C(=O)NCC(c3cccs3)N3CCCC3)c2)c1. The third-order valence-corrected chi connectivity index (χ3v) is 7.94. The number of amides is 1. The molecule has 1 aliphatic rings. The average Bonchev–Trinajstić information content (AvgIpc) is 3.49. The van der Waals surface area contributed by atoms with Gasteiger partial charge in [-0.2, -0.15) is 0 Å². The van der Waals surface area contributed by atoms with E-state index in [9.17, 15) is 13.2 Å². The zero-order valence-corrected chi connectivity index (χ0v) is 19.6. The lowest BCUT2D eigenvalue weighted by Crippen LogP contribution is -2.36. The van der Waals surface area contributed by atoms with Crippen LogP contribution in [0, 0.1) is 6.92 Å². The molecule has 0 aliphatic carbocycles. The highest BCUT2D eigenvalue weighted by atomic mass is 32.2. The number of anilines is 1. The summed E-state index contributed by atoms with van der Waals surface area (Å²) in [6, 6.07) is 17.6. The van der Waals surface area contributed by atoms with Crippen molar-refractivity contribution in [2.24, 2.45) is 0 Å². The summed E-state index contributed by atoms with van der Waals surface area (Å²) in [5.41, 5.74) is 1.77. The first kappa shape index (κ1) is 22.5. The van der Waals surface area contributed by atoms with Crippen LogP contribution in [0.5, 0.6) is 0 Å². The summed E-state index contributed by atoms with van der Waals surface area (Å²) in [6.45, 7) is 4.43. The van der Waals surface area contributed by atoms with E-state index >= 15 is 0 Å². The van der Waals surface area contributed by atoms with Gasteiger partial charge in [0.1, 0.15) is 0 Å². The van der Waals surface area contributed by atoms with Gasteiger partial charge in [-0.15, -0.1) is 11.3 Å². The Labute approximate surface area is 193 Å². The van der Waals surface area contributed by atoms with Crippen molar-refractivity contribution >= 4 is 33.0 Å². The van der Waals surface area contributed by atoms with E-state index in [0.29, 0.717) is 17.8 Å². The van der Waals surface area contributed by atoms with Gasteiger partial charge in [-0.3, -0.25) is 14.4 Å². The number of carbonyl (C=O) groups is 1. The Bertz CT molecular complexity index is 1170. The second-order valence-electron chi connectivity index (χ2n) is 7.99. The first-order valence-electron chi connectivity index (χ1n) is 10.7. The summed E-state index contributed by atoms with van der Waals surface area (Å²) in [7, 11) is -3.80. The highest BCUT2D eigenvalue weighted by Crippen LogP contribution is 2.28. The van der Waals surface area contributed by atoms with Gasteiger partial charge in [-0.1, -0.05) is 24.3 Å². The van der Waals surface area contributed by atoms with Crippen LogP contribution >= 0.6 is 11.3 Å². The molecular weight excluding hydrogens is 442 g/mol. The molecule has 0 saturated carbocycles. The Kier molecular flexibility index (Phi) is 6.93. The van der Waals surface area contributed by atoms with Crippen LogP contribution in [-0.2, 0) is 10.0 Å². The Balaban J connectivity index is 1.47. The summed E-state index contributed by atoms with van der Waals surface area (Å²) >= 11 is 1.69. The van der Waals surface area contributed by atoms with Crippen LogP contribution in [0.15, 0.2) is 70.9 Å². The maximum atomic E-state index is 12.9. The van der Waals surface area contributed by atoms with Gasteiger partial charge in [-0.05, 0) is 80.2 Å². The molecule has 1 unspecified atom stereocenters. The predicted octanol–water partition coefficient (Wildman–Crippen LogP) is 4.42. The lowest BCUT2D eigenvalue weighted by Gasteiger charge is -2.27. The van der Waals surface area contributed by atoms with Crippen LogP contribution in [-0.4, -0.2) is 38.9 Å². The lowest BCUT2D eigenvalue weighted by molar-refractivity contribution is 0.0938. The summed E-state index contributed by atoms with van der Waals surface area (Å²) in [4.78, 5) is 16.6. The lowest BCUT2D eigenvalue weighted by atomic mass is 10.2. The van der Waals surface area contributed by atoms with Gasteiger partial charge in [0.05, 0.1) is 10.9 Å². The molecule has 2 aromatic carbocycles. The van der Waals surface area contributed by atoms with E-state index in [2.05, 4.69) is 26.4 Å². The van der Waals surface area contributed by atoms with E-state index in [-0.39, 0.29) is 16.8 Å². The molecule has 2 heterocycles. The smallest absolute Gasteiger partial charge is 0.261 e. The van der Waals surface area contributed by atoms with Crippen molar-refractivity contribution < 1.29 is 13.2 Å². The summed E-state index contributed by atoms with van der Waals surface area (Å²) in [5, 5.41) is 5.06. The zero-order valence-electron chi connectivity index (χ0n) is 18.0. The van der Waals surface area contributed by atoms with E-state index in [1.807, 2.05) is 19.1 Å². The number of hydrogen-bond donors (Lipinski definition) is 2. The third-order valence-electron chi connectivity index (χ3n) is 5.59. The molecule has 0 radical (unpaired) electrons. The molecule has 1 fully saturated rings. The number of carbonyl (C=O) groups excluding carboxylic acids is 1. The topological polar surface area (TPSA) is 78.5 Å². The molecule has 0 spiro atoms. The van der Waals surface area contributed by atoms with Crippen LogP contribution in [0.4, 0.5) is 5.69 Å². The van der Waals surface area contributed by atoms with Crippen LogP contribution in [0.1, 0.15) is 39.7 Å². The van der Waals surface area contributed by atoms with Gasteiger partial charge >= 0.3 is 0 Å². The largest absolute Gasteiger partial charge is 0.350 e. The number of nitrogens with zero attached hydrogens (tertiary/aromatic N) is 1. The second-order valence-corrected chi connectivity index (χ2v) is 10.6. The first-order chi connectivity index (χ1) is 15.4. The van der Waals surface area contributed by atoms with Crippen molar-refractivity contribution in [3.05, 3.63) is 82.0 Å².